The van der Waals surface area contributed by atoms with Gasteiger partial charge in [-0.05, 0) is 48.7 Å². The first-order valence-electron chi connectivity index (χ1n) is 9.23. The molecule has 0 atom stereocenters. The van der Waals surface area contributed by atoms with Crippen molar-refractivity contribution in [3.63, 3.8) is 0 Å². The Labute approximate surface area is 164 Å². The van der Waals surface area contributed by atoms with Crippen LogP contribution >= 0.6 is 0 Å². The monoisotopic (exact) mass is 397 g/mol. The summed E-state index contributed by atoms with van der Waals surface area (Å²) in [7, 11) is -1.61. The molecule has 1 aliphatic rings. The lowest BCUT2D eigenvalue weighted by Gasteiger charge is -2.16. The van der Waals surface area contributed by atoms with Gasteiger partial charge < -0.3 is 9.88 Å². The number of nitrogens with zero attached hydrogens (tertiary/aromatic N) is 1. The van der Waals surface area contributed by atoms with Gasteiger partial charge >= 0.3 is 0 Å². The molecule has 0 saturated heterocycles. The highest BCUT2D eigenvalue weighted by atomic mass is 32.2. The minimum atomic E-state index is -3.62. The van der Waals surface area contributed by atoms with Gasteiger partial charge in [-0.2, -0.15) is 0 Å². The lowest BCUT2D eigenvalue weighted by molar-refractivity contribution is -0.114. The highest BCUT2D eigenvalue weighted by Gasteiger charge is 2.46. The Morgan fingerprint density at radius 1 is 1.11 bits per heavy atom. The van der Waals surface area contributed by atoms with Gasteiger partial charge in [0.25, 0.3) is 0 Å². The molecule has 1 aliphatic carbocycles. The van der Waals surface area contributed by atoms with Gasteiger partial charge in [0.1, 0.15) is 0 Å². The van der Waals surface area contributed by atoms with E-state index in [9.17, 15) is 13.2 Å². The summed E-state index contributed by atoms with van der Waals surface area (Å²) in [5, 5.41) is 3.82. The van der Waals surface area contributed by atoms with Gasteiger partial charge in [-0.15, -0.1) is 0 Å². The molecule has 1 fully saturated rings. The summed E-state index contributed by atoms with van der Waals surface area (Å²) in [5.74, 6) is -0.195. The predicted molar refractivity (Wildman–Crippen MR) is 110 cm³/mol. The highest BCUT2D eigenvalue weighted by molar-refractivity contribution is 7.89. The Balaban J connectivity index is 1.54. The van der Waals surface area contributed by atoms with Crippen molar-refractivity contribution in [1.82, 2.24) is 9.29 Å². The summed E-state index contributed by atoms with van der Waals surface area (Å²) in [6, 6.07) is 14.4. The van der Waals surface area contributed by atoms with E-state index in [0.717, 1.165) is 18.4 Å². The van der Waals surface area contributed by atoms with Gasteiger partial charge in [0.05, 0.1) is 4.90 Å². The largest absolute Gasteiger partial charge is 0.350 e. The number of aryl methyl sites for hydroxylation is 1. The number of benzene rings is 2. The standard InChI is InChI=1S/C21H23N3O3S/c1-15(25)23-16-7-9-17(10-8-16)28(26,27)22-14-21(11-12-21)19-13-24(2)20-6-4-3-5-18(19)20/h3-10,13,22H,11-12,14H2,1-2H3,(H,23,25). The molecular weight excluding hydrogens is 374 g/mol. The molecule has 0 aliphatic heterocycles. The Bertz CT molecular complexity index is 1140. The maximum Gasteiger partial charge on any atom is 0.240 e. The molecule has 1 aromatic heterocycles. The number of para-hydroxylation sites is 1. The van der Waals surface area contributed by atoms with E-state index in [1.54, 1.807) is 12.1 Å². The number of nitrogens with one attached hydrogen (secondary N) is 2. The molecule has 2 N–H and O–H groups in total. The number of aromatic nitrogens is 1. The molecular formula is C21H23N3O3S. The third kappa shape index (κ3) is 3.43. The maximum atomic E-state index is 12.7. The van der Waals surface area contributed by atoms with Crippen LogP contribution < -0.4 is 10.0 Å². The zero-order chi connectivity index (χ0) is 19.9. The first-order chi connectivity index (χ1) is 13.3. The van der Waals surface area contributed by atoms with E-state index in [4.69, 9.17) is 0 Å². The van der Waals surface area contributed by atoms with Crippen molar-refractivity contribution >= 4 is 32.5 Å². The normalized spacial score (nSPS) is 15.5. The van der Waals surface area contributed by atoms with E-state index in [-0.39, 0.29) is 16.2 Å². The number of hydrogen-bond donors (Lipinski definition) is 2. The van der Waals surface area contributed by atoms with Crippen LogP contribution in [0.2, 0.25) is 0 Å². The minimum absolute atomic E-state index is 0.149. The number of fused-ring (bicyclic) bond motifs is 1. The smallest absolute Gasteiger partial charge is 0.240 e. The SMILES string of the molecule is CC(=O)Nc1ccc(S(=O)(=O)NCC2(c3cn(C)c4ccccc34)CC2)cc1. The van der Waals surface area contributed by atoms with E-state index in [1.165, 1.54) is 30.0 Å². The molecule has 3 aromatic rings. The lowest BCUT2D eigenvalue weighted by Crippen LogP contribution is -2.32. The number of carbonyl (C=O) groups is 1. The van der Waals surface area contributed by atoms with Gasteiger partial charge in [-0.3, -0.25) is 4.79 Å². The zero-order valence-corrected chi connectivity index (χ0v) is 16.7. The molecule has 1 amide bonds. The summed E-state index contributed by atoms with van der Waals surface area (Å²) in [4.78, 5) is 11.3. The van der Waals surface area contributed by atoms with Crippen LogP contribution in [-0.4, -0.2) is 25.4 Å². The van der Waals surface area contributed by atoms with Crippen LogP contribution in [0.15, 0.2) is 59.6 Å². The lowest BCUT2D eigenvalue weighted by atomic mass is 9.96. The number of hydrogen-bond acceptors (Lipinski definition) is 3. The van der Waals surface area contributed by atoms with Crippen molar-refractivity contribution in [2.45, 2.75) is 30.1 Å². The second-order valence-corrected chi connectivity index (χ2v) is 9.25. The van der Waals surface area contributed by atoms with Crippen LogP contribution in [0.25, 0.3) is 10.9 Å². The van der Waals surface area contributed by atoms with Gasteiger partial charge in [0.15, 0.2) is 0 Å². The summed E-state index contributed by atoms with van der Waals surface area (Å²) in [6.07, 6.45) is 4.05. The summed E-state index contributed by atoms with van der Waals surface area (Å²) < 4.78 is 30.4. The molecule has 1 heterocycles. The molecule has 2 aromatic carbocycles. The Morgan fingerprint density at radius 3 is 2.43 bits per heavy atom. The fraction of sp³-hybridized carbons (Fsp3) is 0.286. The molecule has 7 heteroatoms. The van der Waals surface area contributed by atoms with Gasteiger partial charge in [-0.1, -0.05) is 18.2 Å². The van der Waals surface area contributed by atoms with E-state index >= 15 is 0 Å². The van der Waals surface area contributed by atoms with Crippen LogP contribution in [0, 0.1) is 0 Å². The summed E-state index contributed by atoms with van der Waals surface area (Å²) >= 11 is 0. The summed E-state index contributed by atoms with van der Waals surface area (Å²) in [5.41, 5.74) is 2.78. The average Bonchev–Trinajstić information content (AvgIpc) is 3.38. The van der Waals surface area contributed by atoms with Gasteiger partial charge in [-0.25, -0.2) is 13.1 Å². The predicted octanol–water partition coefficient (Wildman–Crippen LogP) is 3.15. The number of amides is 1. The first kappa shape index (κ1) is 18.7. The van der Waals surface area contributed by atoms with Crippen LogP contribution in [0.4, 0.5) is 5.69 Å². The van der Waals surface area contributed by atoms with Crippen molar-refractivity contribution in [3.8, 4) is 0 Å². The molecule has 0 bridgehead atoms. The molecule has 28 heavy (non-hydrogen) atoms. The topological polar surface area (TPSA) is 80.2 Å². The van der Waals surface area contributed by atoms with E-state index < -0.39 is 10.0 Å². The number of rotatable bonds is 6. The van der Waals surface area contributed by atoms with E-state index in [1.807, 2.05) is 19.2 Å². The second kappa shape index (κ2) is 6.76. The Kier molecular flexibility index (Phi) is 4.51. The van der Waals surface area contributed by atoms with Crippen LogP contribution in [0.3, 0.4) is 0 Å². The molecule has 6 nitrogen and oxygen atoms in total. The van der Waals surface area contributed by atoms with Crippen molar-refractivity contribution in [2.24, 2.45) is 7.05 Å². The number of anilines is 1. The van der Waals surface area contributed by atoms with Gasteiger partial charge in [0, 0.05) is 48.7 Å². The quantitative estimate of drug-likeness (QED) is 0.671. The Hall–Kier alpha value is -2.64. The summed E-state index contributed by atoms with van der Waals surface area (Å²) in [6.45, 7) is 1.78. The fourth-order valence-corrected chi connectivity index (χ4v) is 4.82. The molecule has 0 unspecified atom stereocenters. The third-order valence-corrected chi connectivity index (χ3v) is 6.82. The molecule has 1 saturated carbocycles. The molecule has 146 valence electrons. The minimum Gasteiger partial charge on any atom is -0.350 e. The molecule has 4 rings (SSSR count). The van der Waals surface area contributed by atoms with Crippen LogP contribution in [0.1, 0.15) is 25.3 Å². The van der Waals surface area contributed by atoms with Crippen LogP contribution in [0.5, 0.6) is 0 Å². The van der Waals surface area contributed by atoms with Crippen molar-refractivity contribution in [3.05, 3.63) is 60.3 Å². The molecule has 0 spiro atoms. The first-order valence-corrected chi connectivity index (χ1v) is 10.7. The average molecular weight is 398 g/mol. The van der Waals surface area contributed by atoms with E-state index in [2.05, 4.69) is 32.9 Å². The van der Waals surface area contributed by atoms with E-state index in [0.29, 0.717) is 12.2 Å². The fourth-order valence-electron chi connectivity index (χ4n) is 3.69. The van der Waals surface area contributed by atoms with Crippen molar-refractivity contribution < 1.29 is 13.2 Å². The van der Waals surface area contributed by atoms with Crippen molar-refractivity contribution in [2.75, 3.05) is 11.9 Å². The number of sulfonamides is 1. The third-order valence-electron chi connectivity index (χ3n) is 5.41. The van der Waals surface area contributed by atoms with Crippen molar-refractivity contribution in [1.29, 1.82) is 0 Å². The van der Waals surface area contributed by atoms with Crippen LogP contribution in [-0.2, 0) is 27.3 Å². The number of carbonyl (C=O) groups excluding carboxylic acids is 1. The second-order valence-electron chi connectivity index (χ2n) is 7.48. The maximum absolute atomic E-state index is 12.7. The van der Waals surface area contributed by atoms with Gasteiger partial charge in [0.2, 0.25) is 15.9 Å². The zero-order valence-electron chi connectivity index (χ0n) is 15.9. The highest BCUT2D eigenvalue weighted by Crippen LogP contribution is 2.50. The molecule has 0 radical (unpaired) electrons. The Morgan fingerprint density at radius 2 is 1.79 bits per heavy atom.